The first kappa shape index (κ1) is 10.4. The highest BCUT2D eigenvalue weighted by atomic mass is 79.9. The molecule has 0 atom stereocenters. The molecule has 0 N–H and O–H groups in total. The number of hydrogen-bond donors (Lipinski definition) is 0. The van der Waals surface area contributed by atoms with E-state index in [4.69, 9.17) is 0 Å². The second kappa shape index (κ2) is 3.79. The molecule has 2 nitrogen and oxygen atoms in total. The third-order valence-electron chi connectivity index (χ3n) is 1.95. The Morgan fingerprint density at radius 2 is 2.14 bits per heavy atom. The van der Waals surface area contributed by atoms with Crippen LogP contribution in [0.1, 0.15) is 5.69 Å². The average Bonchev–Trinajstić information content (AvgIpc) is 2.60. The lowest BCUT2D eigenvalue weighted by Crippen LogP contribution is -1.92. The third-order valence-corrected chi connectivity index (χ3v) is 4.60. The first-order chi connectivity index (χ1) is 6.59. The molecule has 0 radical (unpaired) electrons. The molecule has 0 saturated carbocycles. The zero-order valence-corrected chi connectivity index (χ0v) is 11.7. The molecule has 0 aliphatic rings. The van der Waals surface area contributed by atoms with E-state index in [1.54, 1.807) is 11.3 Å². The highest BCUT2D eigenvalue weighted by Crippen LogP contribution is 2.35. The van der Waals surface area contributed by atoms with Crippen LogP contribution >= 0.6 is 43.2 Å². The molecule has 5 heteroatoms. The minimum Gasteiger partial charge on any atom is -0.266 e. The lowest BCUT2D eigenvalue weighted by atomic mass is 10.3. The number of rotatable bonds is 1. The molecule has 74 valence electrons. The largest absolute Gasteiger partial charge is 0.266 e. The van der Waals surface area contributed by atoms with Crippen LogP contribution < -0.4 is 0 Å². The highest BCUT2D eigenvalue weighted by Gasteiger charge is 2.13. The molecule has 2 aromatic rings. The average molecular weight is 336 g/mol. The number of halogens is 2. The smallest absolute Gasteiger partial charge is 0.0924 e. The maximum absolute atomic E-state index is 4.36. The van der Waals surface area contributed by atoms with Gasteiger partial charge in [-0.2, -0.15) is 5.10 Å². The van der Waals surface area contributed by atoms with E-state index in [2.05, 4.69) is 48.4 Å². The molecule has 14 heavy (non-hydrogen) atoms. The van der Waals surface area contributed by atoms with Crippen molar-refractivity contribution in [1.82, 2.24) is 9.78 Å². The lowest BCUT2D eigenvalue weighted by molar-refractivity contribution is 0.765. The van der Waals surface area contributed by atoms with E-state index < -0.39 is 0 Å². The van der Waals surface area contributed by atoms with Crippen molar-refractivity contribution in [2.75, 3.05) is 0 Å². The summed E-state index contributed by atoms with van der Waals surface area (Å²) in [5.74, 6) is 0. The molecular weight excluding hydrogens is 328 g/mol. The molecule has 0 amide bonds. The van der Waals surface area contributed by atoms with Gasteiger partial charge < -0.3 is 0 Å². The van der Waals surface area contributed by atoms with Crippen LogP contribution in [0.2, 0.25) is 0 Å². The van der Waals surface area contributed by atoms with Gasteiger partial charge in [0.15, 0.2) is 0 Å². The first-order valence-corrected chi connectivity index (χ1v) is 6.49. The number of thiophene rings is 1. The second-order valence-corrected chi connectivity index (χ2v) is 5.62. The molecule has 0 saturated heterocycles. The van der Waals surface area contributed by atoms with E-state index in [-0.39, 0.29) is 0 Å². The van der Waals surface area contributed by atoms with Gasteiger partial charge in [-0.15, -0.1) is 11.3 Å². The summed E-state index contributed by atoms with van der Waals surface area (Å²) >= 11 is 8.71. The van der Waals surface area contributed by atoms with Crippen LogP contribution in [0.4, 0.5) is 0 Å². The normalized spacial score (nSPS) is 10.9. The van der Waals surface area contributed by atoms with Gasteiger partial charge in [0.1, 0.15) is 0 Å². The van der Waals surface area contributed by atoms with Gasteiger partial charge in [-0.3, -0.25) is 4.68 Å². The van der Waals surface area contributed by atoms with Crippen molar-refractivity contribution < 1.29 is 0 Å². The summed E-state index contributed by atoms with van der Waals surface area (Å²) in [5.41, 5.74) is 2.16. The number of hydrogen-bond acceptors (Lipinski definition) is 2. The molecule has 0 unspecified atom stereocenters. The molecule has 2 heterocycles. The third kappa shape index (κ3) is 1.68. The fraction of sp³-hybridized carbons (Fsp3) is 0.222. The second-order valence-electron chi connectivity index (χ2n) is 3.00. The minimum absolute atomic E-state index is 1.02. The molecule has 2 rings (SSSR count). The molecule has 0 fully saturated rings. The van der Waals surface area contributed by atoms with E-state index in [1.807, 2.05) is 18.7 Å². The van der Waals surface area contributed by atoms with Crippen LogP contribution in [0, 0.1) is 6.92 Å². The minimum atomic E-state index is 1.02. The van der Waals surface area contributed by atoms with Gasteiger partial charge in [0, 0.05) is 16.9 Å². The summed E-state index contributed by atoms with van der Waals surface area (Å²) in [5, 5.41) is 6.43. The van der Waals surface area contributed by atoms with Crippen LogP contribution in [0.5, 0.6) is 0 Å². The van der Waals surface area contributed by atoms with Crippen molar-refractivity contribution in [3.8, 4) is 10.6 Å². The van der Waals surface area contributed by atoms with Crippen LogP contribution in [-0.2, 0) is 7.05 Å². The molecule has 2 aromatic heterocycles. The predicted molar refractivity (Wildman–Crippen MR) is 66.7 cm³/mol. The molecule has 0 bridgehead atoms. The summed E-state index contributed by atoms with van der Waals surface area (Å²) < 4.78 is 4.09. The summed E-state index contributed by atoms with van der Waals surface area (Å²) in [4.78, 5) is 1.21. The Morgan fingerprint density at radius 3 is 2.57 bits per heavy atom. The van der Waals surface area contributed by atoms with Crippen molar-refractivity contribution in [1.29, 1.82) is 0 Å². The van der Waals surface area contributed by atoms with Crippen molar-refractivity contribution in [2.24, 2.45) is 7.05 Å². The summed E-state index contributed by atoms with van der Waals surface area (Å²) in [7, 11) is 1.96. The quantitative estimate of drug-likeness (QED) is 0.770. The molecule has 0 aliphatic heterocycles. The van der Waals surface area contributed by atoms with Crippen molar-refractivity contribution >= 4 is 43.2 Å². The lowest BCUT2D eigenvalue weighted by Gasteiger charge is -1.97. The van der Waals surface area contributed by atoms with Gasteiger partial charge in [-0.25, -0.2) is 0 Å². The van der Waals surface area contributed by atoms with E-state index in [1.165, 1.54) is 4.88 Å². The summed E-state index contributed by atoms with van der Waals surface area (Å²) in [6.07, 6.45) is 0. The Morgan fingerprint density at radius 1 is 1.43 bits per heavy atom. The van der Waals surface area contributed by atoms with Crippen molar-refractivity contribution in [3.63, 3.8) is 0 Å². The predicted octanol–water partition coefficient (Wildman–Crippen LogP) is 3.98. The van der Waals surface area contributed by atoms with Crippen molar-refractivity contribution in [2.45, 2.75) is 6.92 Å². The Labute approximate surface area is 103 Å². The summed E-state index contributed by atoms with van der Waals surface area (Å²) in [6, 6.07) is 2.10. The Balaban J connectivity index is 2.61. The fourth-order valence-electron chi connectivity index (χ4n) is 1.34. The van der Waals surface area contributed by atoms with Gasteiger partial charge in [0.05, 0.1) is 20.7 Å². The van der Waals surface area contributed by atoms with Gasteiger partial charge in [0.2, 0.25) is 0 Å². The number of aryl methyl sites for hydroxylation is 2. The highest BCUT2D eigenvalue weighted by molar-refractivity contribution is 9.11. The van der Waals surface area contributed by atoms with E-state index in [0.29, 0.717) is 0 Å². The van der Waals surface area contributed by atoms with Crippen LogP contribution in [0.3, 0.4) is 0 Å². The molecular formula is C9H8Br2N2S. The SMILES string of the molecule is Cc1nn(C)c(-c2cc(Br)cs2)c1Br. The van der Waals surface area contributed by atoms with Crippen LogP contribution in [0.15, 0.2) is 20.4 Å². The first-order valence-electron chi connectivity index (χ1n) is 4.03. The van der Waals surface area contributed by atoms with Gasteiger partial charge in [0.25, 0.3) is 0 Å². The maximum atomic E-state index is 4.36. The van der Waals surface area contributed by atoms with E-state index in [0.717, 1.165) is 20.3 Å². The maximum Gasteiger partial charge on any atom is 0.0924 e. The standard InChI is InChI=1S/C9H8Br2N2S/c1-5-8(11)9(13(2)12-5)7-3-6(10)4-14-7/h3-4H,1-2H3. The van der Waals surface area contributed by atoms with E-state index >= 15 is 0 Å². The fourth-order valence-corrected chi connectivity index (χ4v) is 3.53. The topological polar surface area (TPSA) is 17.8 Å². The van der Waals surface area contributed by atoms with Crippen LogP contribution in [0.25, 0.3) is 10.6 Å². The monoisotopic (exact) mass is 334 g/mol. The van der Waals surface area contributed by atoms with E-state index in [9.17, 15) is 0 Å². The van der Waals surface area contributed by atoms with Gasteiger partial charge in [-0.05, 0) is 44.8 Å². The van der Waals surface area contributed by atoms with Gasteiger partial charge >= 0.3 is 0 Å². The Bertz CT molecular complexity index is 473. The molecule has 0 aromatic carbocycles. The van der Waals surface area contributed by atoms with Crippen molar-refractivity contribution in [3.05, 3.63) is 26.1 Å². The Hall–Kier alpha value is -0.130. The van der Waals surface area contributed by atoms with Gasteiger partial charge in [-0.1, -0.05) is 0 Å². The molecule has 0 aliphatic carbocycles. The zero-order valence-electron chi connectivity index (χ0n) is 7.71. The Kier molecular flexibility index (Phi) is 2.81. The molecule has 0 spiro atoms. The van der Waals surface area contributed by atoms with Crippen LogP contribution in [-0.4, -0.2) is 9.78 Å². The number of nitrogens with zero attached hydrogens (tertiary/aromatic N) is 2. The summed E-state index contributed by atoms with van der Waals surface area (Å²) in [6.45, 7) is 2.00. The zero-order chi connectivity index (χ0) is 10.3. The number of aromatic nitrogens is 2.